The molecule has 8 heteroatoms. The lowest BCUT2D eigenvalue weighted by molar-refractivity contribution is -0.159. The Balaban J connectivity index is 0.00000155. The summed E-state index contributed by atoms with van der Waals surface area (Å²) in [5.74, 6) is 0.0529. The van der Waals surface area contributed by atoms with Gasteiger partial charge in [0.25, 0.3) is 5.56 Å². The molecule has 0 N–H and O–H groups in total. The van der Waals surface area contributed by atoms with Crippen molar-refractivity contribution in [3.63, 3.8) is 0 Å². The number of hydrogen-bond donors (Lipinski definition) is 0. The van der Waals surface area contributed by atoms with E-state index in [0.717, 1.165) is 5.69 Å². The Hall–Kier alpha value is -2.51. The van der Waals surface area contributed by atoms with Gasteiger partial charge in [0.15, 0.2) is 0 Å². The Morgan fingerprint density at radius 3 is 2.27 bits per heavy atom. The number of aromatic nitrogens is 1. The molecular formula is C22H34N2O6. The number of nitrogens with zero attached hydrogens (tertiary/aromatic N) is 2. The highest BCUT2D eigenvalue weighted by molar-refractivity contribution is 5.89. The zero-order chi connectivity index (χ0) is 22.9. The number of esters is 1. The van der Waals surface area contributed by atoms with Gasteiger partial charge in [-0.05, 0) is 46.6 Å². The Kier molecular flexibility index (Phi) is 6.59. The van der Waals surface area contributed by atoms with E-state index >= 15 is 0 Å². The third-order valence-corrected chi connectivity index (χ3v) is 5.55. The maximum atomic E-state index is 12.7. The molecule has 3 aliphatic rings. The van der Waals surface area contributed by atoms with Crippen LogP contribution in [0.5, 0.6) is 5.75 Å². The van der Waals surface area contributed by atoms with Crippen LogP contribution in [-0.2, 0) is 21.3 Å². The first-order valence-corrected chi connectivity index (χ1v) is 10.3. The maximum absolute atomic E-state index is 12.7. The fraction of sp³-hybridized carbons (Fsp3) is 0.682. The van der Waals surface area contributed by atoms with Crippen molar-refractivity contribution in [1.82, 2.24) is 9.47 Å². The second-order valence-corrected chi connectivity index (χ2v) is 8.96. The molecule has 30 heavy (non-hydrogen) atoms. The second kappa shape index (κ2) is 8.32. The summed E-state index contributed by atoms with van der Waals surface area (Å²) in [6, 6.07) is 3.24. The predicted octanol–water partition coefficient (Wildman–Crippen LogP) is 3.04. The van der Waals surface area contributed by atoms with Crippen molar-refractivity contribution in [3.8, 4) is 5.75 Å². The fourth-order valence-electron chi connectivity index (χ4n) is 4.18. The molecule has 2 bridgehead atoms. The minimum Gasteiger partial charge on any atom is -0.493 e. The molecular weight excluding hydrogens is 388 g/mol. The number of carbonyl (C=O) groups is 2. The number of rotatable bonds is 4. The molecule has 0 atom stereocenters. The average molecular weight is 423 g/mol. The number of hydrogen-bond acceptors (Lipinski definition) is 6. The first-order chi connectivity index (χ1) is 13.9. The normalized spacial score (nSPS) is 24.3. The molecule has 3 fully saturated rings. The monoisotopic (exact) mass is 422 g/mol. The van der Waals surface area contributed by atoms with E-state index < -0.39 is 23.2 Å². The van der Waals surface area contributed by atoms with Crippen molar-refractivity contribution < 1.29 is 23.8 Å². The minimum absolute atomic E-state index is 0.146. The molecule has 8 nitrogen and oxygen atoms in total. The van der Waals surface area contributed by atoms with Gasteiger partial charge in [-0.15, -0.1) is 0 Å². The van der Waals surface area contributed by atoms with E-state index in [1.807, 2.05) is 20.8 Å². The molecule has 4 rings (SSSR count). The Bertz CT molecular complexity index is 861. The van der Waals surface area contributed by atoms with Crippen LogP contribution in [0, 0.1) is 12.3 Å². The van der Waals surface area contributed by atoms with Crippen LogP contribution in [0.3, 0.4) is 0 Å². The van der Waals surface area contributed by atoms with Crippen molar-refractivity contribution in [2.45, 2.75) is 65.5 Å². The van der Waals surface area contributed by atoms with Crippen LogP contribution in [0.2, 0.25) is 0 Å². The smallest absolute Gasteiger partial charge is 0.411 e. The zero-order valence-electron chi connectivity index (χ0n) is 19.3. The second-order valence-electron chi connectivity index (χ2n) is 8.96. The number of methoxy groups -OCH3 is 1. The van der Waals surface area contributed by atoms with Crippen LogP contribution in [0.1, 0.15) is 53.2 Å². The van der Waals surface area contributed by atoms with Gasteiger partial charge in [0.2, 0.25) is 0 Å². The zero-order valence-corrected chi connectivity index (χ0v) is 19.3. The third kappa shape index (κ3) is 4.32. The largest absolute Gasteiger partial charge is 0.493 e. The highest BCUT2D eigenvalue weighted by Gasteiger charge is 2.72. The van der Waals surface area contributed by atoms with E-state index in [9.17, 15) is 14.4 Å². The van der Waals surface area contributed by atoms with Crippen LogP contribution in [0.15, 0.2) is 16.9 Å². The summed E-state index contributed by atoms with van der Waals surface area (Å²) in [7, 11) is 3.02. The van der Waals surface area contributed by atoms with Crippen molar-refractivity contribution in [1.29, 1.82) is 0 Å². The molecule has 0 radical (unpaired) electrons. The number of carbonyl (C=O) groups excluding carboxylic acids is 2. The van der Waals surface area contributed by atoms with E-state index in [0.29, 0.717) is 31.7 Å². The summed E-state index contributed by atoms with van der Waals surface area (Å²) in [6.45, 7) is 11.8. The predicted molar refractivity (Wildman–Crippen MR) is 113 cm³/mol. The SMILES string of the molecule is CC.COC(=O)C12CC(COc3cc(C)n(C)c(=O)c3)(CN1C(=O)OC(C)(C)C)C2. The maximum Gasteiger partial charge on any atom is 0.411 e. The van der Waals surface area contributed by atoms with Gasteiger partial charge in [-0.1, -0.05) is 13.8 Å². The lowest BCUT2D eigenvalue weighted by atomic mass is 9.62. The van der Waals surface area contributed by atoms with Gasteiger partial charge in [-0.25, -0.2) is 9.59 Å². The number of fused-ring (bicyclic) bond motifs is 1. The first kappa shape index (κ1) is 23.8. The van der Waals surface area contributed by atoms with E-state index in [-0.39, 0.29) is 11.0 Å². The van der Waals surface area contributed by atoms with Crippen LogP contribution in [0.25, 0.3) is 0 Å². The molecule has 1 amide bonds. The van der Waals surface area contributed by atoms with Crippen molar-refractivity contribution in [2.24, 2.45) is 12.5 Å². The average Bonchev–Trinajstić information content (AvgIpc) is 3.16. The van der Waals surface area contributed by atoms with E-state index in [2.05, 4.69) is 0 Å². The van der Waals surface area contributed by atoms with Gasteiger partial charge in [0.1, 0.15) is 16.9 Å². The third-order valence-electron chi connectivity index (χ3n) is 5.55. The lowest BCUT2D eigenvalue weighted by Crippen LogP contribution is -2.58. The molecule has 168 valence electrons. The van der Waals surface area contributed by atoms with E-state index in [1.54, 1.807) is 33.9 Å². The topological polar surface area (TPSA) is 87.1 Å². The van der Waals surface area contributed by atoms with Gasteiger partial charge in [0, 0.05) is 30.8 Å². The highest BCUT2D eigenvalue weighted by atomic mass is 16.6. The first-order valence-electron chi connectivity index (χ1n) is 10.3. The van der Waals surface area contributed by atoms with Crippen molar-refractivity contribution in [3.05, 3.63) is 28.2 Å². The standard InChI is InChI=1S/C20H28N2O6.C2H6/c1-13-7-14(8-15(23)21(13)5)27-12-19-9-20(10-19,16(24)26-6)22(11-19)17(25)28-18(2,3)4;1-2/h7-8H,9-12H2,1-6H3;1-2H3. The molecule has 0 aromatic carbocycles. The number of aryl methyl sites for hydroxylation is 1. The molecule has 2 saturated heterocycles. The summed E-state index contributed by atoms with van der Waals surface area (Å²) in [5.41, 5.74) is -1.37. The van der Waals surface area contributed by atoms with Crippen LogP contribution >= 0.6 is 0 Å². The Morgan fingerprint density at radius 1 is 1.17 bits per heavy atom. The van der Waals surface area contributed by atoms with E-state index in [4.69, 9.17) is 14.2 Å². The fourth-order valence-corrected chi connectivity index (χ4v) is 4.18. The van der Waals surface area contributed by atoms with Crippen molar-refractivity contribution >= 4 is 12.1 Å². The summed E-state index contributed by atoms with van der Waals surface area (Å²) in [6.07, 6.45) is 0.382. The summed E-state index contributed by atoms with van der Waals surface area (Å²) < 4.78 is 17.9. The van der Waals surface area contributed by atoms with Crippen LogP contribution < -0.4 is 10.3 Å². The van der Waals surface area contributed by atoms with Crippen LogP contribution in [-0.4, -0.2) is 52.9 Å². The number of ether oxygens (including phenoxy) is 3. The highest BCUT2D eigenvalue weighted by Crippen LogP contribution is 2.60. The summed E-state index contributed by atoms with van der Waals surface area (Å²) in [4.78, 5) is 38.5. The Morgan fingerprint density at radius 2 is 1.77 bits per heavy atom. The van der Waals surface area contributed by atoms with E-state index in [1.165, 1.54) is 22.6 Å². The Labute approximate surface area is 178 Å². The number of pyridine rings is 1. The molecule has 0 unspecified atom stereocenters. The molecule has 1 aliphatic carbocycles. The molecule has 0 spiro atoms. The van der Waals surface area contributed by atoms with Gasteiger partial charge in [-0.2, -0.15) is 0 Å². The molecule has 3 heterocycles. The quantitative estimate of drug-likeness (QED) is 0.693. The molecule has 1 aromatic rings. The molecule has 2 aliphatic heterocycles. The van der Waals surface area contributed by atoms with Crippen LogP contribution in [0.4, 0.5) is 4.79 Å². The summed E-state index contributed by atoms with van der Waals surface area (Å²) >= 11 is 0. The molecule has 1 saturated carbocycles. The summed E-state index contributed by atoms with van der Waals surface area (Å²) in [5, 5.41) is 0. The van der Waals surface area contributed by atoms with Gasteiger partial charge >= 0.3 is 12.1 Å². The lowest BCUT2D eigenvalue weighted by Gasteiger charge is -2.44. The number of amides is 1. The van der Waals surface area contributed by atoms with Gasteiger partial charge < -0.3 is 18.8 Å². The van der Waals surface area contributed by atoms with Crippen molar-refractivity contribution in [2.75, 3.05) is 20.3 Å². The molecule has 1 aromatic heterocycles. The minimum atomic E-state index is -0.997. The van der Waals surface area contributed by atoms with Gasteiger partial charge in [-0.3, -0.25) is 9.69 Å². The van der Waals surface area contributed by atoms with Gasteiger partial charge in [0.05, 0.1) is 13.7 Å².